The molecule has 4 fully saturated rings. The first kappa shape index (κ1) is 25.6. The van der Waals surface area contributed by atoms with Crippen molar-refractivity contribution in [1.82, 2.24) is 0 Å². The van der Waals surface area contributed by atoms with Crippen molar-refractivity contribution >= 4 is 5.97 Å². The van der Waals surface area contributed by atoms with Gasteiger partial charge in [-0.2, -0.15) is 0 Å². The molecule has 33 heavy (non-hydrogen) atoms. The topological polar surface area (TPSA) is 26.3 Å². The standard InChI is InChI=1S/C31H54O2/c1-3-5-23-7-11-25(12-8-23)27-15-17-29(18-16-27)31(32)33-30-21-19-28(20-22-30)26-13-9-24(6-4-2)10-14-26/h23-30H,3-22H2,1-2H3/t23?,24-,25?,26-,27?,28?,29?,30?. The molecule has 0 aromatic rings. The van der Waals surface area contributed by atoms with Crippen LogP contribution < -0.4 is 0 Å². The van der Waals surface area contributed by atoms with Gasteiger partial charge in [0.15, 0.2) is 0 Å². The van der Waals surface area contributed by atoms with Crippen LogP contribution in [0.25, 0.3) is 0 Å². The minimum atomic E-state index is 0.156. The van der Waals surface area contributed by atoms with E-state index in [9.17, 15) is 4.79 Å². The highest BCUT2D eigenvalue weighted by molar-refractivity contribution is 5.72. The number of carbonyl (C=O) groups excluding carboxylic acids is 1. The third-order valence-electron chi connectivity index (χ3n) is 10.6. The van der Waals surface area contributed by atoms with Gasteiger partial charge in [0.25, 0.3) is 0 Å². The normalized spacial score (nSPS) is 40.3. The number of rotatable bonds is 8. The summed E-state index contributed by atoms with van der Waals surface area (Å²) in [5, 5.41) is 0. The lowest BCUT2D eigenvalue weighted by Crippen LogP contribution is -2.33. The number of carbonyl (C=O) groups is 1. The lowest BCUT2D eigenvalue weighted by atomic mass is 9.68. The van der Waals surface area contributed by atoms with E-state index in [0.29, 0.717) is 0 Å². The molecular weight excluding hydrogens is 404 g/mol. The SMILES string of the molecule is CCCC1CCC(C2CCC(C(=O)OC3CCC([C@H]4CC[C@H](CCC)CC4)CC3)CC2)CC1. The Morgan fingerprint density at radius 2 is 0.909 bits per heavy atom. The van der Waals surface area contributed by atoms with Gasteiger partial charge in [-0.05, 0) is 113 Å². The van der Waals surface area contributed by atoms with E-state index < -0.39 is 0 Å². The van der Waals surface area contributed by atoms with Crippen LogP contribution >= 0.6 is 0 Å². The highest BCUT2D eigenvalue weighted by Gasteiger charge is 2.36. The minimum absolute atomic E-state index is 0.156. The first-order valence-electron chi connectivity index (χ1n) is 15.4. The van der Waals surface area contributed by atoms with Crippen molar-refractivity contribution in [2.75, 3.05) is 0 Å². The fraction of sp³-hybridized carbons (Fsp3) is 0.968. The maximum atomic E-state index is 12.9. The Morgan fingerprint density at radius 1 is 0.545 bits per heavy atom. The van der Waals surface area contributed by atoms with Crippen molar-refractivity contribution < 1.29 is 9.53 Å². The van der Waals surface area contributed by atoms with Crippen LogP contribution in [0.15, 0.2) is 0 Å². The Morgan fingerprint density at radius 3 is 1.30 bits per heavy atom. The Kier molecular flexibility index (Phi) is 10.0. The van der Waals surface area contributed by atoms with Gasteiger partial charge in [-0.1, -0.05) is 65.2 Å². The minimum Gasteiger partial charge on any atom is -0.462 e. The molecule has 0 bridgehead atoms. The van der Waals surface area contributed by atoms with Crippen LogP contribution in [0.4, 0.5) is 0 Å². The van der Waals surface area contributed by atoms with E-state index in [1.807, 2.05) is 0 Å². The fourth-order valence-corrected chi connectivity index (χ4v) is 8.48. The van der Waals surface area contributed by atoms with Crippen LogP contribution in [-0.4, -0.2) is 12.1 Å². The van der Waals surface area contributed by atoms with E-state index >= 15 is 0 Å². The maximum absolute atomic E-state index is 12.9. The molecule has 4 rings (SSSR count). The highest BCUT2D eigenvalue weighted by Crippen LogP contribution is 2.44. The lowest BCUT2D eigenvalue weighted by molar-refractivity contribution is -0.158. The summed E-state index contributed by atoms with van der Waals surface area (Å²) in [5.74, 6) is 6.07. The summed E-state index contributed by atoms with van der Waals surface area (Å²) >= 11 is 0. The van der Waals surface area contributed by atoms with Gasteiger partial charge in [-0.3, -0.25) is 4.79 Å². The zero-order valence-corrected chi connectivity index (χ0v) is 22.1. The van der Waals surface area contributed by atoms with Crippen molar-refractivity contribution in [2.45, 2.75) is 148 Å². The molecule has 0 atom stereocenters. The van der Waals surface area contributed by atoms with Crippen molar-refractivity contribution in [3.63, 3.8) is 0 Å². The van der Waals surface area contributed by atoms with E-state index in [-0.39, 0.29) is 18.0 Å². The third-order valence-corrected chi connectivity index (χ3v) is 10.6. The van der Waals surface area contributed by atoms with Crippen LogP contribution in [0.2, 0.25) is 0 Å². The van der Waals surface area contributed by atoms with Crippen molar-refractivity contribution in [3.8, 4) is 0 Å². The molecule has 0 spiro atoms. The molecule has 4 saturated carbocycles. The molecule has 0 saturated heterocycles. The van der Waals surface area contributed by atoms with E-state index in [4.69, 9.17) is 4.74 Å². The van der Waals surface area contributed by atoms with Gasteiger partial charge in [0, 0.05) is 0 Å². The fourth-order valence-electron chi connectivity index (χ4n) is 8.48. The number of hydrogen-bond acceptors (Lipinski definition) is 2. The largest absolute Gasteiger partial charge is 0.462 e. The molecular formula is C31H54O2. The van der Waals surface area contributed by atoms with Gasteiger partial charge < -0.3 is 4.74 Å². The third kappa shape index (κ3) is 7.23. The summed E-state index contributed by atoms with van der Waals surface area (Å²) in [6.07, 6.45) is 27.1. The average molecular weight is 459 g/mol. The quantitative estimate of drug-likeness (QED) is 0.339. The average Bonchev–Trinajstić information content (AvgIpc) is 2.86. The number of esters is 1. The van der Waals surface area contributed by atoms with Crippen LogP contribution in [0.1, 0.15) is 142 Å². The van der Waals surface area contributed by atoms with E-state index in [2.05, 4.69) is 13.8 Å². The second-order valence-electron chi connectivity index (χ2n) is 12.7. The summed E-state index contributed by atoms with van der Waals surface area (Å²) in [5.41, 5.74) is 0. The summed E-state index contributed by atoms with van der Waals surface area (Å²) in [7, 11) is 0. The van der Waals surface area contributed by atoms with Crippen LogP contribution in [0.5, 0.6) is 0 Å². The molecule has 190 valence electrons. The van der Waals surface area contributed by atoms with Crippen LogP contribution in [-0.2, 0) is 9.53 Å². The number of ether oxygens (including phenoxy) is 1. The molecule has 2 heteroatoms. The predicted molar refractivity (Wildman–Crippen MR) is 138 cm³/mol. The zero-order valence-electron chi connectivity index (χ0n) is 22.1. The Bertz CT molecular complexity index is 553. The smallest absolute Gasteiger partial charge is 0.309 e. The molecule has 0 aliphatic heterocycles. The summed E-state index contributed by atoms with van der Waals surface area (Å²) < 4.78 is 6.10. The van der Waals surface area contributed by atoms with Gasteiger partial charge in [-0.25, -0.2) is 0 Å². The van der Waals surface area contributed by atoms with Crippen molar-refractivity contribution in [2.24, 2.45) is 41.4 Å². The van der Waals surface area contributed by atoms with Crippen LogP contribution in [0.3, 0.4) is 0 Å². The van der Waals surface area contributed by atoms with E-state index in [1.54, 1.807) is 0 Å². The summed E-state index contributed by atoms with van der Waals surface area (Å²) in [6.45, 7) is 4.66. The number of hydrogen-bond donors (Lipinski definition) is 0. The molecule has 0 heterocycles. The summed E-state index contributed by atoms with van der Waals surface area (Å²) in [4.78, 5) is 12.9. The molecule has 2 nitrogen and oxygen atoms in total. The first-order valence-corrected chi connectivity index (χ1v) is 15.4. The van der Waals surface area contributed by atoms with Gasteiger partial charge in [-0.15, -0.1) is 0 Å². The molecule has 4 aliphatic carbocycles. The second kappa shape index (κ2) is 13.0. The van der Waals surface area contributed by atoms with E-state index in [1.165, 1.54) is 103 Å². The van der Waals surface area contributed by atoms with Crippen molar-refractivity contribution in [1.29, 1.82) is 0 Å². The van der Waals surface area contributed by atoms with Gasteiger partial charge in [0.05, 0.1) is 5.92 Å². The molecule has 0 N–H and O–H groups in total. The summed E-state index contributed by atoms with van der Waals surface area (Å²) in [6, 6.07) is 0. The second-order valence-corrected chi connectivity index (χ2v) is 12.7. The highest BCUT2D eigenvalue weighted by atomic mass is 16.5. The Labute approximate surface area is 205 Å². The van der Waals surface area contributed by atoms with Gasteiger partial charge in [0.1, 0.15) is 6.10 Å². The van der Waals surface area contributed by atoms with Gasteiger partial charge >= 0.3 is 5.97 Å². The monoisotopic (exact) mass is 458 g/mol. The van der Waals surface area contributed by atoms with E-state index in [0.717, 1.165) is 61.2 Å². The molecule has 0 aromatic carbocycles. The van der Waals surface area contributed by atoms with Gasteiger partial charge in [0.2, 0.25) is 0 Å². The zero-order chi connectivity index (χ0) is 23.0. The van der Waals surface area contributed by atoms with Crippen LogP contribution in [0, 0.1) is 41.4 Å². The Hall–Kier alpha value is -0.530. The predicted octanol–water partition coefficient (Wildman–Crippen LogP) is 9.11. The molecule has 0 radical (unpaired) electrons. The lowest BCUT2D eigenvalue weighted by Gasteiger charge is -2.39. The maximum Gasteiger partial charge on any atom is 0.309 e. The first-order chi connectivity index (χ1) is 16.2. The molecule has 0 unspecified atom stereocenters. The molecule has 0 aromatic heterocycles. The molecule has 4 aliphatic rings. The Balaban J connectivity index is 1.11. The molecule has 0 amide bonds. The van der Waals surface area contributed by atoms with Crippen molar-refractivity contribution in [3.05, 3.63) is 0 Å².